The second-order valence-electron chi connectivity index (χ2n) is 4.63. The fraction of sp³-hybridized carbons (Fsp3) is 0.133. The topological polar surface area (TPSA) is 59.8 Å². The first-order valence-electron chi connectivity index (χ1n) is 6.37. The van der Waals surface area contributed by atoms with Crippen molar-refractivity contribution in [2.75, 3.05) is 5.32 Å². The van der Waals surface area contributed by atoms with E-state index in [1.807, 2.05) is 55.5 Å². The van der Waals surface area contributed by atoms with Gasteiger partial charge in [0, 0.05) is 5.69 Å². The van der Waals surface area contributed by atoms with E-state index in [9.17, 15) is 4.79 Å². The molecular weight excluding hydrogens is 252 g/mol. The summed E-state index contributed by atoms with van der Waals surface area (Å²) in [5.41, 5.74) is 3.51. The minimum atomic E-state index is -0.144. The Labute approximate surface area is 116 Å². The number of aromatic nitrogens is 3. The Hall–Kier alpha value is -2.69. The average molecular weight is 266 g/mol. The summed E-state index contributed by atoms with van der Waals surface area (Å²) < 4.78 is 0. The highest BCUT2D eigenvalue weighted by atomic mass is 16.2. The van der Waals surface area contributed by atoms with Crippen LogP contribution >= 0.6 is 0 Å². The molecule has 2 aromatic carbocycles. The third-order valence-corrected chi connectivity index (χ3v) is 2.95. The molecule has 0 aliphatic rings. The van der Waals surface area contributed by atoms with Crippen LogP contribution < -0.4 is 5.32 Å². The molecule has 0 saturated heterocycles. The lowest BCUT2D eigenvalue weighted by atomic mass is 10.2. The average Bonchev–Trinajstić information content (AvgIpc) is 2.83. The molecule has 0 atom stereocenters. The molecule has 100 valence electrons. The van der Waals surface area contributed by atoms with Gasteiger partial charge < -0.3 is 5.32 Å². The first kappa shape index (κ1) is 12.3. The summed E-state index contributed by atoms with van der Waals surface area (Å²) in [7, 11) is 0. The summed E-state index contributed by atoms with van der Waals surface area (Å²) in [5, 5.41) is 11.3. The van der Waals surface area contributed by atoms with Crippen molar-refractivity contribution in [2.24, 2.45) is 0 Å². The van der Waals surface area contributed by atoms with Crippen LogP contribution in [0.5, 0.6) is 0 Å². The fourth-order valence-electron chi connectivity index (χ4n) is 1.94. The van der Waals surface area contributed by atoms with Crippen LogP contribution in [-0.2, 0) is 11.3 Å². The Bertz CT molecular complexity index is 713. The lowest BCUT2D eigenvalue weighted by Crippen LogP contribution is -2.20. The van der Waals surface area contributed by atoms with Crippen molar-refractivity contribution >= 4 is 22.6 Å². The summed E-state index contributed by atoms with van der Waals surface area (Å²) in [5.74, 6) is -0.144. The molecule has 0 bridgehead atoms. The maximum Gasteiger partial charge on any atom is 0.247 e. The first-order chi connectivity index (χ1) is 9.70. The lowest BCUT2D eigenvalue weighted by molar-refractivity contribution is -0.117. The summed E-state index contributed by atoms with van der Waals surface area (Å²) in [6.07, 6.45) is 0. The fourth-order valence-corrected chi connectivity index (χ4v) is 1.94. The van der Waals surface area contributed by atoms with Gasteiger partial charge in [-0.25, -0.2) is 0 Å². The van der Waals surface area contributed by atoms with Gasteiger partial charge >= 0.3 is 0 Å². The molecule has 0 radical (unpaired) electrons. The zero-order valence-corrected chi connectivity index (χ0v) is 11.1. The third kappa shape index (κ3) is 2.66. The largest absolute Gasteiger partial charge is 0.324 e. The lowest BCUT2D eigenvalue weighted by Gasteiger charge is -2.04. The van der Waals surface area contributed by atoms with Crippen LogP contribution in [0.25, 0.3) is 11.0 Å². The maximum atomic E-state index is 11.9. The van der Waals surface area contributed by atoms with Crippen molar-refractivity contribution in [3.05, 3.63) is 54.1 Å². The van der Waals surface area contributed by atoms with E-state index < -0.39 is 0 Å². The van der Waals surface area contributed by atoms with Crippen molar-refractivity contribution in [2.45, 2.75) is 13.5 Å². The number of aryl methyl sites for hydroxylation is 1. The van der Waals surface area contributed by atoms with Gasteiger partial charge in [-0.05, 0) is 31.2 Å². The number of amides is 1. The van der Waals surface area contributed by atoms with Crippen LogP contribution in [0, 0.1) is 6.92 Å². The van der Waals surface area contributed by atoms with Crippen LogP contribution in [0.1, 0.15) is 5.56 Å². The zero-order chi connectivity index (χ0) is 13.9. The Morgan fingerprint density at radius 3 is 2.25 bits per heavy atom. The highest BCUT2D eigenvalue weighted by molar-refractivity contribution is 5.90. The standard InChI is InChI=1S/C15H14N4O/c1-11-6-8-12(9-7-11)16-15(20)10-19-17-13-4-2-3-5-14(13)18-19/h2-9H,10H2,1H3,(H,16,20). The number of rotatable bonds is 3. The Balaban J connectivity index is 1.70. The number of anilines is 1. The highest BCUT2D eigenvalue weighted by Crippen LogP contribution is 2.09. The Kier molecular flexibility index (Phi) is 3.16. The molecule has 20 heavy (non-hydrogen) atoms. The van der Waals surface area contributed by atoms with Crippen molar-refractivity contribution in [3.63, 3.8) is 0 Å². The minimum Gasteiger partial charge on any atom is -0.324 e. The van der Waals surface area contributed by atoms with Crippen LogP contribution in [-0.4, -0.2) is 20.9 Å². The van der Waals surface area contributed by atoms with E-state index >= 15 is 0 Å². The van der Waals surface area contributed by atoms with E-state index in [0.717, 1.165) is 22.3 Å². The molecular formula is C15H14N4O. The number of fused-ring (bicyclic) bond motifs is 1. The number of benzene rings is 2. The Morgan fingerprint density at radius 1 is 1.05 bits per heavy atom. The number of carbonyl (C=O) groups is 1. The van der Waals surface area contributed by atoms with Gasteiger partial charge in [0.25, 0.3) is 0 Å². The molecule has 0 fully saturated rings. The molecule has 5 heteroatoms. The Morgan fingerprint density at radius 2 is 1.65 bits per heavy atom. The van der Waals surface area contributed by atoms with Crippen molar-refractivity contribution in [1.82, 2.24) is 15.0 Å². The molecule has 3 aromatic rings. The van der Waals surface area contributed by atoms with Gasteiger partial charge in [-0.15, -0.1) is 0 Å². The monoisotopic (exact) mass is 266 g/mol. The number of hydrogen-bond donors (Lipinski definition) is 1. The van der Waals surface area contributed by atoms with E-state index in [0.29, 0.717) is 0 Å². The molecule has 1 heterocycles. The summed E-state index contributed by atoms with van der Waals surface area (Å²) in [6, 6.07) is 15.2. The molecule has 1 aromatic heterocycles. The molecule has 3 rings (SSSR count). The molecule has 0 unspecified atom stereocenters. The van der Waals surface area contributed by atoms with Crippen LogP contribution in [0.2, 0.25) is 0 Å². The molecule has 5 nitrogen and oxygen atoms in total. The zero-order valence-electron chi connectivity index (χ0n) is 11.1. The number of nitrogens with one attached hydrogen (secondary N) is 1. The maximum absolute atomic E-state index is 11.9. The summed E-state index contributed by atoms with van der Waals surface area (Å²) >= 11 is 0. The predicted molar refractivity (Wildman–Crippen MR) is 77.3 cm³/mol. The van der Waals surface area contributed by atoms with Gasteiger partial charge in [-0.2, -0.15) is 15.0 Å². The minimum absolute atomic E-state index is 0.0998. The molecule has 1 N–H and O–H groups in total. The number of nitrogens with zero attached hydrogens (tertiary/aromatic N) is 3. The van der Waals surface area contributed by atoms with Gasteiger partial charge in [-0.1, -0.05) is 29.8 Å². The van der Waals surface area contributed by atoms with E-state index in [-0.39, 0.29) is 12.5 Å². The second-order valence-corrected chi connectivity index (χ2v) is 4.63. The highest BCUT2D eigenvalue weighted by Gasteiger charge is 2.07. The molecule has 0 aliphatic heterocycles. The molecule has 0 aliphatic carbocycles. The number of hydrogen-bond acceptors (Lipinski definition) is 3. The smallest absolute Gasteiger partial charge is 0.247 e. The van der Waals surface area contributed by atoms with Gasteiger partial charge in [-0.3, -0.25) is 4.79 Å². The SMILES string of the molecule is Cc1ccc(NC(=O)Cn2nc3ccccc3n2)cc1. The second kappa shape index (κ2) is 5.13. The van der Waals surface area contributed by atoms with Crippen molar-refractivity contribution in [3.8, 4) is 0 Å². The van der Waals surface area contributed by atoms with E-state index in [1.54, 1.807) is 0 Å². The number of carbonyl (C=O) groups excluding carboxylic acids is 1. The van der Waals surface area contributed by atoms with Gasteiger partial charge in [0.05, 0.1) is 0 Å². The summed E-state index contributed by atoms with van der Waals surface area (Å²) in [6.45, 7) is 2.10. The van der Waals surface area contributed by atoms with Crippen LogP contribution in [0.3, 0.4) is 0 Å². The van der Waals surface area contributed by atoms with Gasteiger partial charge in [0.15, 0.2) is 0 Å². The quantitative estimate of drug-likeness (QED) is 0.791. The van der Waals surface area contributed by atoms with Gasteiger partial charge in [0.2, 0.25) is 5.91 Å². The normalized spacial score (nSPS) is 10.7. The molecule has 0 saturated carbocycles. The van der Waals surface area contributed by atoms with Crippen LogP contribution in [0.15, 0.2) is 48.5 Å². The van der Waals surface area contributed by atoms with Crippen LogP contribution in [0.4, 0.5) is 5.69 Å². The summed E-state index contributed by atoms with van der Waals surface area (Å²) in [4.78, 5) is 13.3. The van der Waals surface area contributed by atoms with Gasteiger partial charge in [0.1, 0.15) is 17.6 Å². The third-order valence-electron chi connectivity index (χ3n) is 2.95. The predicted octanol–water partition coefficient (Wildman–Crippen LogP) is 2.38. The van der Waals surface area contributed by atoms with E-state index in [2.05, 4.69) is 15.5 Å². The van der Waals surface area contributed by atoms with E-state index in [1.165, 1.54) is 4.80 Å². The van der Waals surface area contributed by atoms with Crippen molar-refractivity contribution in [1.29, 1.82) is 0 Å². The van der Waals surface area contributed by atoms with Crippen molar-refractivity contribution < 1.29 is 4.79 Å². The van der Waals surface area contributed by atoms with E-state index in [4.69, 9.17) is 0 Å². The molecule has 0 spiro atoms. The molecule has 1 amide bonds. The first-order valence-corrected chi connectivity index (χ1v) is 6.37.